The minimum atomic E-state index is -0.252. The lowest BCUT2D eigenvalue weighted by Gasteiger charge is -2.01. The summed E-state index contributed by atoms with van der Waals surface area (Å²) in [6.45, 7) is 0.628. The standard InChI is InChI=1S/C20H15ClN4OS/c21-16-8-6-14(7-9-16)18-15(10-17-19(26)23-20(27)22-17)12-25(24-18)11-13-4-2-1-3-5-13/h1-10,12H,11H2,(H2,22,23,26,27)/b17-10-. The summed E-state index contributed by atoms with van der Waals surface area (Å²) in [7, 11) is 0. The van der Waals surface area contributed by atoms with Gasteiger partial charge in [0.05, 0.1) is 12.2 Å². The number of hydrogen-bond donors (Lipinski definition) is 2. The second kappa shape index (κ2) is 7.34. The first kappa shape index (κ1) is 17.5. The molecule has 1 aliphatic heterocycles. The van der Waals surface area contributed by atoms with Crippen LogP contribution in [0.2, 0.25) is 5.02 Å². The van der Waals surface area contributed by atoms with Crippen molar-refractivity contribution in [3.8, 4) is 11.3 Å². The third kappa shape index (κ3) is 3.92. The van der Waals surface area contributed by atoms with E-state index in [4.69, 9.17) is 28.9 Å². The normalized spacial score (nSPS) is 15.1. The van der Waals surface area contributed by atoms with E-state index in [0.717, 1.165) is 22.4 Å². The van der Waals surface area contributed by atoms with Gasteiger partial charge in [-0.05, 0) is 36.0 Å². The molecule has 4 rings (SSSR count). The van der Waals surface area contributed by atoms with Crippen LogP contribution in [0, 0.1) is 0 Å². The summed E-state index contributed by atoms with van der Waals surface area (Å²) in [6.07, 6.45) is 3.67. The molecule has 5 nitrogen and oxygen atoms in total. The molecule has 7 heteroatoms. The van der Waals surface area contributed by atoms with Gasteiger partial charge in [-0.3, -0.25) is 14.8 Å². The van der Waals surface area contributed by atoms with Gasteiger partial charge in [0.15, 0.2) is 5.11 Å². The molecule has 1 fully saturated rings. The molecule has 0 spiro atoms. The second-order valence-electron chi connectivity index (χ2n) is 6.09. The Labute approximate surface area is 166 Å². The number of aromatic nitrogens is 2. The van der Waals surface area contributed by atoms with Gasteiger partial charge in [0, 0.05) is 22.3 Å². The van der Waals surface area contributed by atoms with Crippen LogP contribution in [0.4, 0.5) is 0 Å². The molecular weight excluding hydrogens is 380 g/mol. The Bertz CT molecular complexity index is 1040. The van der Waals surface area contributed by atoms with E-state index in [2.05, 4.69) is 10.6 Å². The number of halogens is 1. The summed E-state index contributed by atoms with van der Waals surface area (Å²) < 4.78 is 1.86. The molecule has 2 N–H and O–H groups in total. The Kier molecular flexibility index (Phi) is 4.75. The topological polar surface area (TPSA) is 59.0 Å². The number of carbonyl (C=O) groups excluding carboxylic acids is 1. The van der Waals surface area contributed by atoms with Crippen molar-refractivity contribution in [3.05, 3.63) is 82.6 Å². The Morgan fingerprint density at radius 1 is 1.07 bits per heavy atom. The van der Waals surface area contributed by atoms with Crippen LogP contribution in [0.5, 0.6) is 0 Å². The van der Waals surface area contributed by atoms with Crippen molar-refractivity contribution >= 4 is 40.9 Å². The predicted octanol–water partition coefficient (Wildman–Crippen LogP) is 3.60. The molecular formula is C20H15ClN4OS. The molecule has 1 amide bonds. The molecule has 1 saturated heterocycles. The van der Waals surface area contributed by atoms with E-state index < -0.39 is 0 Å². The number of thiocarbonyl (C=S) groups is 1. The number of amides is 1. The number of nitrogens with zero attached hydrogens (tertiary/aromatic N) is 2. The predicted molar refractivity (Wildman–Crippen MR) is 110 cm³/mol. The molecule has 27 heavy (non-hydrogen) atoms. The SMILES string of the molecule is O=C1NC(=S)N/C1=C\c1cn(Cc2ccccc2)nc1-c1ccc(Cl)cc1. The fourth-order valence-electron chi connectivity index (χ4n) is 2.86. The summed E-state index contributed by atoms with van der Waals surface area (Å²) in [4.78, 5) is 12.0. The molecule has 0 atom stereocenters. The van der Waals surface area contributed by atoms with Gasteiger partial charge in [-0.15, -0.1) is 0 Å². The minimum Gasteiger partial charge on any atom is -0.328 e. The van der Waals surface area contributed by atoms with Crippen molar-refractivity contribution in [2.75, 3.05) is 0 Å². The summed E-state index contributed by atoms with van der Waals surface area (Å²) >= 11 is 11.0. The maximum Gasteiger partial charge on any atom is 0.273 e. The van der Waals surface area contributed by atoms with Crippen molar-refractivity contribution in [3.63, 3.8) is 0 Å². The molecule has 0 saturated carbocycles. The van der Waals surface area contributed by atoms with Crippen molar-refractivity contribution in [2.24, 2.45) is 0 Å². The second-order valence-corrected chi connectivity index (χ2v) is 6.93. The Morgan fingerprint density at radius 2 is 1.81 bits per heavy atom. The van der Waals surface area contributed by atoms with Crippen LogP contribution in [0.1, 0.15) is 11.1 Å². The lowest BCUT2D eigenvalue weighted by atomic mass is 10.1. The van der Waals surface area contributed by atoms with Crippen LogP contribution < -0.4 is 10.6 Å². The van der Waals surface area contributed by atoms with Gasteiger partial charge >= 0.3 is 0 Å². The Balaban J connectivity index is 1.75. The van der Waals surface area contributed by atoms with Crippen molar-refractivity contribution in [1.82, 2.24) is 20.4 Å². The highest BCUT2D eigenvalue weighted by Crippen LogP contribution is 2.26. The van der Waals surface area contributed by atoms with Gasteiger partial charge in [-0.2, -0.15) is 5.10 Å². The molecule has 0 bridgehead atoms. The van der Waals surface area contributed by atoms with Gasteiger partial charge in [-0.1, -0.05) is 54.1 Å². The molecule has 2 heterocycles. The van der Waals surface area contributed by atoms with Gasteiger partial charge in [0.25, 0.3) is 5.91 Å². The van der Waals surface area contributed by atoms with Gasteiger partial charge in [0.2, 0.25) is 0 Å². The molecule has 1 aliphatic rings. The maximum atomic E-state index is 12.0. The number of nitrogens with one attached hydrogen (secondary N) is 2. The third-order valence-corrected chi connectivity index (χ3v) is 4.57. The van der Waals surface area contributed by atoms with E-state index in [1.165, 1.54) is 0 Å². The van der Waals surface area contributed by atoms with Crippen molar-refractivity contribution < 1.29 is 4.79 Å². The quantitative estimate of drug-likeness (QED) is 0.524. The summed E-state index contributed by atoms with van der Waals surface area (Å²) in [5.41, 5.74) is 4.03. The maximum absolute atomic E-state index is 12.0. The largest absolute Gasteiger partial charge is 0.328 e. The Hall–Kier alpha value is -2.96. The van der Waals surface area contributed by atoms with E-state index in [0.29, 0.717) is 22.4 Å². The van der Waals surface area contributed by atoms with Crippen LogP contribution in [-0.4, -0.2) is 20.8 Å². The van der Waals surface area contributed by atoms with Crippen molar-refractivity contribution in [1.29, 1.82) is 0 Å². The minimum absolute atomic E-state index is 0.252. The lowest BCUT2D eigenvalue weighted by Crippen LogP contribution is -2.21. The van der Waals surface area contributed by atoms with Gasteiger partial charge < -0.3 is 5.32 Å². The lowest BCUT2D eigenvalue weighted by molar-refractivity contribution is -0.115. The first-order valence-electron chi connectivity index (χ1n) is 8.30. The highest BCUT2D eigenvalue weighted by Gasteiger charge is 2.21. The van der Waals surface area contributed by atoms with Crippen LogP contribution in [0.3, 0.4) is 0 Å². The average Bonchev–Trinajstić information content (AvgIpc) is 3.19. The van der Waals surface area contributed by atoms with E-state index >= 15 is 0 Å². The molecule has 0 unspecified atom stereocenters. The van der Waals surface area contributed by atoms with Crippen LogP contribution in [0.15, 0.2) is 66.5 Å². The van der Waals surface area contributed by atoms with Crippen LogP contribution in [0.25, 0.3) is 17.3 Å². The van der Waals surface area contributed by atoms with Gasteiger partial charge in [0.1, 0.15) is 5.70 Å². The zero-order valence-electron chi connectivity index (χ0n) is 14.1. The number of carbonyl (C=O) groups is 1. The first-order valence-corrected chi connectivity index (χ1v) is 9.08. The van der Waals surface area contributed by atoms with E-state index in [9.17, 15) is 4.79 Å². The molecule has 2 aromatic carbocycles. The molecule has 0 radical (unpaired) electrons. The van der Waals surface area contributed by atoms with E-state index in [1.54, 1.807) is 6.08 Å². The summed E-state index contributed by atoms with van der Waals surface area (Å²) in [5, 5.41) is 11.1. The Morgan fingerprint density at radius 3 is 2.48 bits per heavy atom. The molecule has 1 aromatic heterocycles. The van der Waals surface area contributed by atoms with Crippen LogP contribution in [-0.2, 0) is 11.3 Å². The number of benzene rings is 2. The zero-order chi connectivity index (χ0) is 18.8. The highest BCUT2D eigenvalue weighted by atomic mass is 35.5. The van der Waals surface area contributed by atoms with E-state index in [1.807, 2.05) is 65.5 Å². The highest BCUT2D eigenvalue weighted by molar-refractivity contribution is 7.80. The fraction of sp³-hybridized carbons (Fsp3) is 0.0500. The summed E-state index contributed by atoms with van der Waals surface area (Å²) in [6, 6.07) is 17.5. The zero-order valence-corrected chi connectivity index (χ0v) is 15.7. The monoisotopic (exact) mass is 394 g/mol. The third-order valence-electron chi connectivity index (χ3n) is 4.11. The van der Waals surface area contributed by atoms with Crippen molar-refractivity contribution in [2.45, 2.75) is 6.54 Å². The average molecular weight is 395 g/mol. The fourth-order valence-corrected chi connectivity index (χ4v) is 3.19. The first-order chi connectivity index (χ1) is 13.1. The molecule has 3 aromatic rings. The smallest absolute Gasteiger partial charge is 0.273 e. The van der Waals surface area contributed by atoms with E-state index in [-0.39, 0.29) is 5.91 Å². The molecule has 0 aliphatic carbocycles. The number of rotatable bonds is 4. The van der Waals surface area contributed by atoms with Crippen LogP contribution >= 0.6 is 23.8 Å². The number of hydrogen-bond acceptors (Lipinski definition) is 3. The molecule has 134 valence electrons. The summed E-state index contributed by atoms with van der Waals surface area (Å²) in [5.74, 6) is -0.252. The van der Waals surface area contributed by atoms with Gasteiger partial charge in [-0.25, -0.2) is 0 Å².